The molecule has 0 radical (unpaired) electrons. The number of benzene rings is 1. The normalized spacial score (nSPS) is 16.6. The molecule has 7 heteroatoms. The van der Waals surface area contributed by atoms with Crippen molar-refractivity contribution in [3.8, 4) is 0 Å². The molecule has 0 aliphatic heterocycles. The molecule has 1 aromatic carbocycles. The van der Waals surface area contributed by atoms with Crippen molar-refractivity contribution in [1.82, 2.24) is 20.2 Å². The van der Waals surface area contributed by atoms with Crippen LogP contribution in [0.1, 0.15) is 37.5 Å². The van der Waals surface area contributed by atoms with Gasteiger partial charge in [0.05, 0.1) is 17.0 Å². The molecule has 1 saturated carbocycles. The summed E-state index contributed by atoms with van der Waals surface area (Å²) in [6.07, 6.45) is 1.38. The smallest absolute Gasteiger partial charge is 0.214 e. The van der Waals surface area contributed by atoms with Crippen molar-refractivity contribution in [2.45, 2.75) is 42.0 Å². The minimum absolute atomic E-state index is 0.333. The number of nitrogens with zero attached hydrogens (tertiary/aromatic N) is 4. The molecule has 5 nitrogen and oxygen atoms in total. The first-order chi connectivity index (χ1) is 9.16. The third-order valence-electron chi connectivity index (χ3n) is 3.00. The largest absolute Gasteiger partial charge is 0.389 e. The summed E-state index contributed by atoms with van der Waals surface area (Å²) >= 11 is 1.16. The maximum absolute atomic E-state index is 13.9. The van der Waals surface area contributed by atoms with E-state index < -0.39 is 6.10 Å². The highest BCUT2D eigenvalue weighted by Crippen LogP contribution is 2.40. The third kappa shape index (κ3) is 2.48. The van der Waals surface area contributed by atoms with Gasteiger partial charge in [0, 0.05) is 0 Å². The minimum Gasteiger partial charge on any atom is -0.389 e. The lowest BCUT2D eigenvalue weighted by molar-refractivity contribution is 0.195. The highest BCUT2D eigenvalue weighted by molar-refractivity contribution is 7.99. The lowest BCUT2D eigenvalue weighted by atomic mass is 10.1. The van der Waals surface area contributed by atoms with E-state index in [9.17, 15) is 9.50 Å². The van der Waals surface area contributed by atoms with Crippen molar-refractivity contribution in [3.05, 3.63) is 29.6 Å². The Morgan fingerprint density at radius 2 is 2.26 bits per heavy atom. The quantitative estimate of drug-likeness (QED) is 0.931. The lowest BCUT2D eigenvalue weighted by Gasteiger charge is -2.11. The molecule has 0 amide bonds. The van der Waals surface area contributed by atoms with Gasteiger partial charge in [-0.15, -0.1) is 5.10 Å². The topological polar surface area (TPSA) is 63.8 Å². The molecule has 0 spiro atoms. The third-order valence-corrected chi connectivity index (χ3v) is 4.08. The maximum atomic E-state index is 13.9. The van der Waals surface area contributed by atoms with E-state index in [-0.39, 0.29) is 5.82 Å². The van der Waals surface area contributed by atoms with Crippen molar-refractivity contribution in [2.75, 3.05) is 0 Å². The number of aliphatic hydroxyl groups excluding tert-OH is 1. The second kappa shape index (κ2) is 4.90. The van der Waals surface area contributed by atoms with Gasteiger partial charge < -0.3 is 5.11 Å². The Kier molecular flexibility index (Phi) is 3.24. The van der Waals surface area contributed by atoms with Crippen LogP contribution in [0.4, 0.5) is 4.39 Å². The number of hydrogen-bond donors (Lipinski definition) is 1. The Labute approximate surface area is 113 Å². The molecule has 1 fully saturated rings. The van der Waals surface area contributed by atoms with Gasteiger partial charge in [-0.1, -0.05) is 12.1 Å². The van der Waals surface area contributed by atoms with Crippen molar-refractivity contribution in [1.29, 1.82) is 0 Å². The summed E-state index contributed by atoms with van der Waals surface area (Å²) in [5.41, 5.74) is 0.551. The van der Waals surface area contributed by atoms with Crippen molar-refractivity contribution in [2.24, 2.45) is 0 Å². The van der Waals surface area contributed by atoms with Gasteiger partial charge in [-0.3, -0.25) is 0 Å². The van der Waals surface area contributed by atoms with Gasteiger partial charge in [-0.2, -0.15) is 0 Å². The Balaban J connectivity index is 1.96. The minimum atomic E-state index is -0.733. The number of halogens is 1. The summed E-state index contributed by atoms with van der Waals surface area (Å²) in [6, 6.07) is 5.01. The molecule has 100 valence electrons. The molecule has 2 aromatic rings. The second-order valence-electron chi connectivity index (χ2n) is 4.57. The molecule has 3 rings (SSSR count). The molecule has 19 heavy (non-hydrogen) atoms. The van der Waals surface area contributed by atoms with Gasteiger partial charge in [-0.05, 0) is 53.6 Å². The molecule has 1 unspecified atom stereocenters. The predicted octanol–water partition coefficient (Wildman–Crippen LogP) is 2.35. The monoisotopic (exact) mass is 280 g/mol. The van der Waals surface area contributed by atoms with Crippen LogP contribution >= 0.6 is 11.8 Å². The summed E-state index contributed by atoms with van der Waals surface area (Å²) < 4.78 is 15.7. The van der Waals surface area contributed by atoms with E-state index in [0.717, 1.165) is 24.6 Å². The van der Waals surface area contributed by atoms with Crippen LogP contribution in [0.15, 0.2) is 28.3 Å². The van der Waals surface area contributed by atoms with E-state index in [1.54, 1.807) is 23.7 Å². The van der Waals surface area contributed by atoms with Crippen LogP contribution in [0, 0.1) is 5.82 Å². The van der Waals surface area contributed by atoms with Crippen LogP contribution in [0.3, 0.4) is 0 Å². The van der Waals surface area contributed by atoms with Crippen LogP contribution in [-0.4, -0.2) is 25.3 Å². The Morgan fingerprint density at radius 1 is 1.47 bits per heavy atom. The molecule has 1 aromatic heterocycles. The molecule has 1 aliphatic rings. The predicted molar refractivity (Wildman–Crippen MR) is 67.2 cm³/mol. The molecule has 1 aliphatic carbocycles. The molecule has 1 atom stereocenters. The van der Waals surface area contributed by atoms with Crippen molar-refractivity contribution < 1.29 is 9.50 Å². The average Bonchev–Trinajstić information content (AvgIpc) is 3.12. The SMILES string of the molecule is CC(O)c1cccc(F)c1Sc1nnnn1C1CC1. The summed E-state index contributed by atoms with van der Waals surface area (Å²) in [5, 5.41) is 21.8. The molecule has 0 bridgehead atoms. The summed E-state index contributed by atoms with van der Waals surface area (Å²) in [4.78, 5) is 0.384. The molecule has 1 heterocycles. The Hall–Kier alpha value is -1.47. The first kappa shape index (κ1) is 12.6. The number of rotatable bonds is 4. The second-order valence-corrected chi connectivity index (χ2v) is 5.55. The van der Waals surface area contributed by atoms with Gasteiger partial charge in [0.15, 0.2) is 0 Å². The highest BCUT2D eigenvalue weighted by Gasteiger charge is 2.29. The number of aromatic nitrogens is 4. The zero-order valence-electron chi connectivity index (χ0n) is 10.3. The fraction of sp³-hybridized carbons (Fsp3) is 0.417. The fourth-order valence-corrected chi connectivity index (χ4v) is 2.92. The van der Waals surface area contributed by atoms with Crippen LogP contribution in [-0.2, 0) is 0 Å². The van der Waals surface area contributed by atoms with E-state index in [4.69, 9.17) is 0 Å². The van der Waals surface area contributed by atoms with Crippen LogP contribution in [0.25, 0.3) is 0 Å². The number of aliphatic hydroxyl groups is 1. The van der Waals surface area contributed by atoms with E-state index in [1.165, 1.54) is 6.07 Å². The van der Waals surface area contributed by atoms with Crippen LogP contribution in [0.5, 0.6) is 0 Å². The zero-order valence-corrected chi connectivity index (χ0v) is 11.1. The zero-order chi connectivity index (χ0) is 13.4. The van der Waals surface area contributed by atoms with E-state index >= 15 is 0 Å². The van der Waals surface area contributed by atoms with Crippen LogP contribution < -0.4 is 0 Å². The number of tetrazole rings is 1. The first-order valence-electron chi connectivity index (χ1n) is 6.09. The lowest BCUT2D eigenvalue weighted by Crippen LogP contribution is -2.01. The summed E-state index contributed by atoms with van der Waals surface area (Å²) in [5.74, 6) is -0.367. The van der Waals surface area contributed by atoms with Gasteiger partial charge in [-0.25, -0.2) is 9.07 Å². The highest BCUT2D eigenvalue weighted by atomic mass is 32.2. The first-order valence-corrected chi connectivity index (χ1v) is 6.90. The molecular formula is C12H13FN4OS. The summed E-state index contributed by atoms with van der Waals surface area (Å²) in [6.45, 7) is 1.61. The average molecular weight is 280 g/mol. The number of hydrogen-bond acceptors (Lipinski definition) is 5. The van der Waals surface area contributed by atoms with E-state index in [1.807, 2.05) is 0 Å². The fourth-order valence-electron chi connectivity index (χ4n) is 1.85. The Morgan fingerprint density at radius 3 is 2.95 bits per heavy atom. The van der Waals surface area contributed by atoms with Gasteiger partial charge in [0.2, 0.25) is 5.16 Å². The van der Waals surface area contributed by atoms with Gasteiger partial charge >= 0.3 is 0 Å². The van der Waals surface area contributed by atoms with Crippen molar-refractivity contribution in [3.63, 3.8) is 0 Å². The molecular weight excluding hydrogens is 267 g/mol. The van der Waals surface area contributed by atoms with E-state index in [0.29, 0.717) is 21.7 Å². The van der Waals surface area contributed by atoms with Crippen molar-refractivity contribution >= 4 is 11.8 Å². The summed E-state index contributed by atoms with van der Waals surface area (Å²) in [7, 11) is 0. The van der Waals surface area contributed by atoms with E-state index in [2.05, 4.69) is 15.5 Å². The van der Waals surface area contributed by atoms with Gasteiger partial charge in [0.25, 0.3) is 0 Å². The standard InChI is InChI=1S/C12H13FN4OS/c1-7(18)9-3-2-4-10(13)11(9)19-12-14-15-16-17(12)8-5-6-8/h2-4,7-8,18H,5-6H2,1H3. The maximum Gasteiger partial charge on any atom is 0.214 e. The molecule has 1 N–H and O–H groups in total. The van der Waals surface area contributed by atoms with Gasteiger partial charge in [0.1, 0.15) is 5.82 Å². The Bertz CT molecular complexity index is 597. The molecule has 0 saturated heterocycles. The van der Waals surface area contributed by atoms with Crippen LogP contribution in [0.2, 0.25) is 0 Å².